The van der Waals surface area contributed by atoms with Crippen LogP contribution < -0.4 is 10.1 Å². The molecule has 1 heterocycles. The van der Waals surface area contributed by atoms with E-state index in [1.165, 1.54) is 0 Å². The van der Waals surface area contributed by atoms with E-state index in [4.69, 9.17) is 4.74 Å². The average molecular weight is 287 g/mol. The number of ether oxygens (including phenoxy) is 1. The Hall–Kier alpha value is -2.30. The smallest absolute Gasteiger partial charge is 0.244 e. The van der Waals surface area contributed by atoms with E-state index in [2.05, 4.69) is 10.3 Å². The number of carbonyl (C=O) groups excluding carboxylic acids is 1. The Morgan fingerprint density at radius 1 is 1.38 bits per heavy atom. The highest BCUT2D eigenvalue weighted by Crippen LogP contribution is 2.30. The molecule has 5 nitrogen and oxygen atoms in total. The highest BCUT2D eigenvalue weighted by Gasteiger charge is 2.16. The number of hydrogen-bond donors (Lipinski definition) is 1. The van der Waals surface area contributed by atoms with Gasteiger partial charge in [-0.1, -0.05) is 12.1 Å². The van der Waals surface area contributed by atoms with Gasteiger partial charge in [-0.15, -0.1) is 0 Å². The van der Waals surface area contributed by atoms with Crippen LogP contribution in [0.1, 0.15) is 12.6 Å². The van der Waals surface area contributed by atoms with Crippen molar-refractivity contribution in [1.82, 2.24) is 9.88 Å². The monoisotopic (exact) mass is 287 g/mol. The predicted octanol–water partition coefficient (Wildman–Crippen LogP) is 2.44. The van der Waals surface area contributed by atoms with Crippen LogP contribution in [0.4, 0.5) is 5.69 Å². The molecule has 1 N–H and O–H groups in total. The Morgan fingerprint density at radius 3 is 2.71 bits per heavy atom. The van der Waals surface area contributed by atoms with Gasteiger partial charge in [0.1, 0.15) is 17.3 Å². The average Bonchev–Trinajstić information content (AvgIpc) is 2.45. The summed E-state index contributed by atoms with van der Waals surface area (Å²) in [7, 11) is 5.13. The Labute approximate surface area is 124 Å². The normalized spacial score (nSPS) is 12.0. The van der Waals surface area contributed by atoms with Gasteiger partial charge in [-0.2, -0.15) is 0 Å². The van der Waals surface area contributed by atoms with Gasteiger partial charge in [0.25, 0.3) is 0 Å². The van der Waals surface area contributed by atoms with Gasteiger partial charge in [0.2, 0.25) is 5.91 Å². The minimum absolute atomic E-state index is 0.0283. The number of fused-ring (bicyclic) bond motifs is 1. The topological polar surface area (TPSA) is 54.5 Å². The van der Waals surface area contributed by atoms with E-state index in [-0.39, 0.29) is 11.9 Å². The van der Waals surface area contributed by atoms with E-state index in [1.807, 2.05) is 38.1 Å². The van der Waals surface area contributed by atoms with Crippen LogP contribution >= 0.6 is 0 Å². The van der Waals surface area contributed by atoms with Gasteiger partial charge in [0.15, 0.2) is 0 Å². The lowest BCUT2D eigenvalue weighted by Gasteiger charge is -2.20. The summed E-state index contributed by atoms with van der Waals surface area (Å²) in [6, 6.07) is 7.41. The lowest BCUT2D eigenvalue weighted by Crippen LogP contribution is -2.36. The summed E-state index contributed by atoms with van der Waals surface area (Å²) in [4.78, 5) is 18.1. The number of aryl methyl sites for hydroxylation is 1. The molecule has 0 fully saturated rings. The zero-order valence-corrected chi connectivity index (χ0v) is 13.1. The van der Waals surface area contributed by atoms with Gasteiger partial charge in [-0.3, -0.25) is 4.79 Å². The van der Waals surface area contributed by atoms with Crippen molar-refractivity contribution in [2.75, 3.05) is 26.5 Å². The zero-order chi connectivity index (χ0) is 15.6. The molecule has 1 amide bonds. The highest BCUT2D eigenvalue weighted by molar-refractivity contribution is 5.96. The van der Waals surface area contributed by atoms with Gasteiger partial charge in [0, 0.05) is 30.9 Å². The molecular weight excluding hydrogens is 266 g/mol. The summed E-state index contributed by atoms with van der Waals surface area (Å²) in [6.07, 6.45) is 0. The molecule has 1 aromatic carbocycles. The molecule has 0 unspecified atom stereocenters. The molecule has 0 spiro atoms. The van der Waals surface area contributed by atoms with Crippen LogP contribution in [-0.4, -0.2) is 43.0 Å². The Kier molecular flexibility index (Phi) is 4.31. The van der Waals surface area contributed by atoms with E-state index >= 15 is 0 Å². The molecule has 2 aromatic rings. The summed E-state index contributed by atoms with van der Waals surface area (Å²) in [6.45, 7) is 3.78. The predicted molar refractivity (Wildman–Crippen MR) is 84.8 cm³/mol. The second kappa shape index (κ2) is 5.99. The third-order valence-corrected chi connectivity index (χ3v) is 3.33. The van der Waals surface area contributed by atoms with Gasteiger partial charge in [0.05, 0.1) is 7.11 Å². The number of methoxy groups -OCH3 is 1. The van der Waals surface area contributed by atoms with Gasteiger partial charge >= 0.3 is 0 Å². The first-order chi connectivity index (χ1) is 9.93. The standard InChI is InChI=1S/C16H21N3O2/c1-10-9-13(18-11(2)16(20)19(3)4)12-7-6-8-14(21-5)15(12)17-10/h6-9,11H,1-5H3,(H,17,18)/t11-/m0/s1. The van der Waals surface area contributed by atoms with E-state index in [0.717, 1.165) is 28.0 Å². The molecule has 0 radical (unpaired) electrons. The van der Waals surface area contributed by atoms with Crippen molar-refractivity contribution in [1.29, 1.82) is 0 Å². The fourth-order valence-corrected chi connectivity index (χ4v) is 2.32. The highest BCUT2D eigenvalue weighted by atomic mass is 16.5. The number of anilines is 1. The molecule has 5 heteroatoms. The van der Waals surface area contributed by atoms with Crippen LogP contribution in [0, 0.1) is 6.92 Å². The second-order valence-corrected chi connectivity index (χ2v) is 5.27. The second-order valence-electron chi connectivity index (χ2n) is 5.27. The van der Waals surface area contributed by atoms with Crippen molar-refractivity contribution in [3.8, 4) is 5.75 Å². The third kappa shape index (κ3) is 3.07. The number of hydrogen-bond acceptors (Lipinski definition) is 4. The van der Waals surface area contributed by atoms with E-state index < -0.39 is 0 Å². The summed E-state index contributed by atoms with van der Waals surface area (Å²) in [5.74, 6) is 0.756. The molecule has 112 valence electrons. The summed E-state index contributed by atoms with van der Waals surface area (Å²) < 4.78 is 5.36. The van der Waals surface area contributed by atoms with Crippen molar-refractivity contribution in [3.05, 3.63) is 30.0 Å². The van der Waals surface area contributed by atoms with E-state index in [1.54, 1.807) is 26.1 Å². The molecule has 2 rings (SSSR count). The number of likely N-dealkylation sites (N-methyl/N-ethyl adjacent to an activating group) is 1. The SMILES string of the molecule is COc1cccc2c(N[C@@H](C)C(=O)N(C)C)cc(C)nc12. The lowest BCUT2D eigenvalue weighted by atomic mass is 10.1. The Balaban J connectivity index is 2.47. The molecule has 0 aliphatic heterocycles. The van der Waals surface area contributed by atoms with Crippen LogP contribution in [0.25, 0.3) is 10.9 Å². The number of benzene rings is 1. The number of nitrogens with one attached hydrogen (secondary N) is 1. The maximum absolute atomic E-state index is 12.0. The first kappa shape index (κ1) is 15.1. The van der Waals surface area contributed by atoms with Crippen molar-refractivity contribution in [2.24, 2.45) is 0 Å². The summed E-state index contributed by atoms with van der Waals surface area (Å²) in [5.41, 5.74) is 2.56. The first-order valence-corrected chi connectivity index (χ1v) is 6.86. The third-order valence-electron chi connectivity index (χ3n) is 3.33. The maximum Gasteiger partial charge on any atom is 0.244 e. The van der Waals surface area contributed by atoms with Crippen molar-refractivity contribution < 1.29 is 9.53 Å². The van der Waals surface area contributed by atoms with Crippen LogP contribution in [0.3, 0.4) is 0 Å². The molecular formula is C16H21N3O2. The molecule has 0 saturated carbocycles. The number of rotatable bonds is 4. The number of amides is 1. The zero-order valence-electron chi connectivity index (χ0n) is 13.1. The van der Waals surface area contributed by atoms with Gasteiger partial charge in [-0.05, 0) is 26.0 Å². The fraction of sp³-hybridized carbons (Fsp3) is 0.375. The number of carbonyl (C=O) groups is 1. The summed E-state index contributed by atoms with van der Waals surface area (Å²) >= 11 is 0. The lowest BCUT2D eigenvalue weighted by molar-refractivity contribution is -0.129. The molecule has 0 bridgehead atoms. The fourth-order valence-electron chi connectivity index (χ4n) is 2.32. The Morgan fingerprint density at radius 2 is 2.10 bits per heavy atom. The largest absolute Gasteiger partial charge is 0.494 e. The maximum atomic E-state index is 12.0. The van der Waals surface area contributed by atoms with E-state index in [0.29, 0.717) is 0 Å². The van der Waals surface area contributed by atoms with Crippen molar-refractivity contribution in [3.63, 3.8) is 0 Å². The van der Waals surface area contributed by atoms with E-state index in [9.17, 15) is 4.79 Å². The van der Waals surface area contributed by atoms with Crippen molar-refractivity contribution in [2.45, 2.75) is 19.9 Å². The van der Waals surface area contributed by atoms with Crippen LogP contribution in [-0.2, 0) is 4.79 Å². The molecule has 0 aliphatic rings. The number of aromatic nitrogens is 1. The minimum Gasteiger partial charge on any atom is -0.494 e. The molecule has 0 saturated heterocycles. The Bertz CT molecular complexity index is 668. The molecule has 1 atom stereocenters. The molecule has 1 aromatic heterocycles. The number of para-hydroxylation sites is 1. The van der Waals surface area contributed by atoms with Crippen molar-refractivity contribution >= 4 is 22.5 Å². The molecule has 21 heavy (non-hydrogen) atoms. The summed E-state index contributed by atoms with van der Waals surface area (Å²) in [5, 5.41) is 4.21. The molecule has 0 aliphatic carbocycles. The van der Waals surface area contributed by atoms with Gasteiger partial charge in [-0.25, -0.2) is 4.98 Å². The number of nitrogens with zero attached hydrogens (tertiary/aromatic N) is 2. The van der Waals surface area contributed by atoms with Gasteiger partial charge < -0.3 is 15.0 Å². The first-order valence-electron chi connectivity index (χ1n) is 6.86. The van der Waals surface area contributed by atoms with Crippen LogP contribution in [0.15, 0.2) is 24.3 Å². The number of pyridine rings is 1. The van der Waals surface area contributed by atoms with Crippen LogP contribution in [0.5, 0.6) is 5.75 Å². The van der Waals surface area contributed by atoms with Crippen LogP contribution in [0.2, 0.25) is 0 Å². The quantitative estimate of drug-likeness (QED) is 0.938. The minimum atomic E-state index is -0.309.